The van der Waals surface area contributed by atoms with Crippen molar-refractivity contribution in [3.8, 4) is 0 Å². The maximum atomic E-state index is 11.2. The van der Waals surface area contributed by atoms with Gasteiger partial charge in [-0.15, -0.1) is 0 Å². The van der Waals surface area contributed by atoms with Crippen LogP contribution in [0.25, 0.3) is 0 Å². The number of hydroxylamine groups is 1. The molecule has 0 heterocycles. The highest BCUT2D eigenvalue weighted by atomic mass is 16.6. The standard InChI is InChI=1S/C10H11NO4/c1-15-11-9(12)6-7-4-2-3-5-8(7)10(13)14/h2-5H,6H2,1H3,(H,11,12)(H,13,14). The first-order valence-corrected chi connectivity index (χ1v) is 4.28. The smallest absolute Gasteiger partial charge is 0.335 e. The van der Waals surface area contributed by atoms with Gasteiger partial charge in [0.05, 0.1) is 19.1 Å². The lowest BCUT2D eigenvalue weighted by Crippen LogP contribution is -2.24. The first-order valence-electron chi connectivity index (χ1n) is 4.28. The molecule has 0 saturated heterocycles. The van der Waals surface area contributed by atoms with Crippen molar-refractivity contribution in [1.29, 1.82) is 0 Å². The molecule has 0 aliphatic carbocycles. The van der Waals surface area contributed by atoms with Gasteiger partial charge in [-0.05, 0) is 11.6 Å². The summed E-state index contributed by atoms with van der Waals surface area (Å²) in [5.41, 5.74) is 2.71. The van der Waals surface area contributed by atoms with Gasteiger partial charge in [-0.25, -0.2) is 10.3 Å². The molecule has 0 spiro atoms. The summed E-state index contributed by atoms with van der Waals surface area (Å²) >= 11 is 0. The SMILES string of the molecule is CONC(=O)Cc1ccccc1C(=O)O. The van der Waals surface area contributed by atoms with E-state index in [1.54, 1.807) is 18.2 Å². The van der Waals surface area contributed by atoms with E-state index in [-0.39, 0.29) is 17.9 Å². The molecule has 15 heavy (non-hydrogen) atoms. The van der Waals surface area contributed by atoms with Crippen molar-refractivity contribution in [2.24, 2.45) is 0 Å². The van der Waals surface area contributed by atoms with Crippen molar-refractivity contribution in [3.63, 3.8) is 0 Å². The Hall–Kier alpha value is -1.88. The zero-order valence-corrected chi connectivity index (χ0v) is 8.19. The topological polar surface area (TPSA) is 75.6 Å². The van der Waals surface area contributed by atoms with E-state index >= 15 is 0 Å². The highest BCUT2D eigenvalue weighted by molar-refractivity contribution is 5.91. The van der Waals surface area contributed by atoms with Crippen LogP contribution in [0, 0.1) is 0 Å². The molecular weight excluding hydrogens is 198 g/mol. The summed E-state index contributed by atoms with van der Waals surface area (Å²) in [7, 11) is 1.32. The van der Waals surface area contributed by atoms with Crippen molar-refractivity contribution in [2.75, 3.05) is 7.11 Å². The van der Waals surface area contributed by atoms with Crippen molar-refractivity contribution >= 4 is 11.9 Å². The zero-order chi connectivity index (χ0) is 11.3. The summed E-state index contributed by atoms with van der Waals surface area (Å²) in [6.45, 7) is 0. The molecule has 0 aliphatic heterocycles. The van der Waals surface area contributed by atoms with Crippen LogP contribution in [-0.2, 0) is 16.1 Å². The van der Waals surface area contributed by atoms with Crippen LogP contribution in [0.1, 0.15) is 15.9 Å². The van der Waals surface area contributed by atoms with Crippen LogP contribution in [0.2, 0.25) is 0 Å². The van der Waals surface area contributed by atoms with E-state index in [9.17, 15) is 9.59 Å². The Balaban J connectivity index is 2.84. The Morgan fingerprint density at radius 3 is 2.67 bits per heavy atom. The maximum Gasteiger partial charge on any atom is 0.335 e. The van der Waals surface area contributed by atoms with Crippen LogP contribution in [0.4, 0.5) is 0 Å². The molecule has 1 amide bonds. The van der Waals surface area contributed by atoms with Gasteiger partial charge in [-0.1, -0.05) is 18.2 Å². The minimum atomic E-state index is -1.05. The highest BCUT2D eigenvalue weighted by Crippen LogP contribution is 2.09. The van der Waals surface area contributed by atoms with E-state index in [0.29, 0.717) is 5.56 Å². The molecule has 0 atom stereocenters. The summed E-state index contributed by atoms with van der Waals surface area (Å²) in [6.07, 6.45) is -0.0175. The van der Waals surface area contributed by atoms with Crippen molar-refractivity contribution in [1.82, 2.24) is 5.48 Å². The van der Waals surface area contributed by atoms with Gasteiger partial charge in [0.15, 0.2) is 0 Å². The van der Waals surface area contributed by atoms with Crippen molar-refractivity contribution < 1.29 is 19.5 Å². The van der Waals surface area contributed by atoms with E-state index in [4.69, 9.17) is 5.11 Å². The third-order valence-electron chi connectivity index (χ3n) is 1.81. The van der Waals surface area contributed by atoms with Crippen LogP contribution >= 0.6 is 0 Å². The molecule has 5 heteroatoms. The number of aromatic carboxylic acids is 1. The summed E-state index contributed by atoms with van der Waals surface area (Å²) in [5.74, 6) is -1.43. The lowest BCUT2D eigenvalue weighted by Gasteiger charge is -2.05. The van der Waals surface area contributed by atoms with E-state index in [1.165, 1.54) is 13.2 Å². The van der Waals surface area contributed by atoms with Gasteiger partial charge in [0.1, 0.15) is 0 Å². The van der Waals surface area contributed by atoms with Crippen molar-refractivity contribution in [3.05, 3.63) is 35.4 Å². The first kappa shape index (κ1) is 11.2. The van der Waals surface area contributed by atoms with Crippen LogP contribution in [0.3, 0.4) is 0 Å². The fraction of sp³-hybridized carbons (Fsp3) is 0.200. The molecule has 0 fully saturated rings. The molecule has 0 bridgehead atoms. The summed E-state index contributed by atoms with van der Waals surface area (Å²) < 4.78 is 0. The number of nitrogens with one attached hydrogen (secondary N) is 1. The highest BCUT2D eigenvalue weighted by Gasteiger charge is 2.11. The molecule has 1 rings (SSSR count). The monoisotopic (exact) mass is 209 g/mol. The Morgan fingerprint density at radius 1 is 1.40 bits per heavy atom. The number of hydrogen-bond donors (Lipinski definition) is 2. The predicted molar refractivity (Wildman–Crippen MR) is 52.3 cm³/mol. The first-order chi connectivity index (χ1) is 7.15. The minimum absolute atomic E-state index is 0.0175. The molecule has 0 aliphatic rings. The van der Waals surface area contributed by atoms with Crippen LogP contribution in [-0.4, -0.2) is 24.1 Å². The molecule has 1 aromatic carbocycles. The van der Waals surface area contributed by atoms with E-state index in [0.717, 1.165) is 0 Å². The number of carbonyl (C=O) groups excluding carboxylic acids is 1. The Morgan fingerprint density at radius 2 is 2.07 bits per heavy atom. The number of amides is 1. The Bertz CT molecular complexity index is 375. The average molecular weight is 209 g/mol. The molecule has 1 aromatic rings. The second-order valence-electron chi connectivity index (χ2n) is 2.87. The number of rotatable bonds is 4. The number of carbonyl (C=O) groups is 2. The number of benzene rings is 1. The van der Waals surface area contributed by atoms with Gasteiger partial charge in [-0.2, -0.15) is 0 Å². The van der Waals surface area contributed by atoms with Gasteiger partial charge in [0, 0.05) is 0 Å². The molecule has 0 unspecified atom stereocenters. The van der Waals surface area contributed by atoms with Crippen LogP contribution in [0.15, 0.2) is 24.3 Å². The van der Waals surface area contributed by atoms with Gasteiger partial charge in [0.25, 0.3) is 0 Å². The Kier molecular flexibility index (Phi) is 3.82. The van der Waals surface area contributed by atoms with Crippen molar-refractivity contribution in [2.45, 2.75) is 6.42 Å². The van der Waals surface area contributed by atoms with Crippen LogP contribution in [0.5, 0.6) is 0 Å². The van der Waals surface area contributed by atoms with Gasteiger partial charge in [0.2, 0.25) is 5.91 Å². The average Bonchev–Trinajstić information content (AvgIpc) is 2.18. The lowest BCUT2D eigenvalue weighted by molar-refractivity contribution is -0.130. The van der Waals surface area contributed by atoms with Crippen LogP contribution < -0.4 is 5.48 Å². The third-order valence-corrected chi connectivity index (χ3v) is 1.81. The largest absolute Gasteiger partial charge is 0.478 e. The molecule has 0 radical (unpaired) electrons. The molecule has 80 valence electrons. The zero-order valence-electron chi connectivity index (χ0n) is 8.19. The summed E-state index contributed by atoms with van der Waals surface area (Å²) in [5, 5.41) is 8.85. The van der Waals surface area contributed by atoms with Gasteiger partial charge >= 0.3 is 5.97 Å². The number of carboxylic acid groups (broad SMARTS) is 1. The molecule has 0 saturated carbocycles. The molecule has 5 nitrogen and oxygen atoms in total. The van der Waals surface area contributed by atoms with Gasteiger partial charge in [-0.3, -0.25) is 9.63 Å². The minimum Gasteiger partial charge on any atom is -0.478 e. The lowest BCUT2D eigenvalue weighted by atomic mass is 10.0. The summed E-state index contributed by atoms with van der Waals surface area (Å²) in [4.78, 5) is 26.4. The van der Waals surface area contributed by atoms with E-state index < -0.39 is 5.97 Å². The van der Waals surface area contributed by atoms with Gasteiger partial charge < -0.3 is 5.11 Å². The normalized spacial score (nSPS) is 9.67. The fourth-order valence-corrected chi connectivity index (χ4v) is 1.21. The van der Waals surface area contributed by atoms with E-state index in [2.05, 4.69) is 10.3 Å². The molecule has 2 N–H and O–H groups in total. The number of hydrogen-bond acceptors (Lipinski definition) is 3. The van der Waals surface area contributed by atoms with E-state index in [1.807, 2.05) is 0 Å². The second kappa shape index (κ2) is 5.11. The number of carboxylic acids is 1. The molecule has 0 aromatic heterocycles. The molecular formula is C10H11NO4. The fourth-order valence-electron chi connectivity index (χ4n) is 1.21. The summed E-state index contributed by atoms with van der Waals surface area (Å²) in [6, 6.07) is 6.35. The quantitative estimate of drug-likeness (QED) is 0.712. The maximum absolute atomic E-state index is 11.2. The Labute approximate surface area is 86.6 Å². The predicted octanol–water partition coefficient (Wildman–Crippen LogP) is 0.605. The third kappa shape index (κ3) is 3.07. The second-order valence-corrected chi connectivity index (χ2v) is 2.87.